The normalized spacial score (nSPS) is 11.9. The van der Waals surface area contributed by atoms with E-state index in [1.165, 1.54) is 6.33 Å². The fourth-order valence-corrected chi connectivity index (χ4v) is 3.78. The summed E-state index contributed by atoms with van der Waals surface area (Å²) < 4.78 is 2.01. The third-order valence-electron chi connectivity index (χ3n) is 5.27. The van der Waals surface area contributed by atoms with Crippen LogP contribution in [0.3, 0.4) is 0 Å². The molecule has 4 aromatic heterocycles. The van der Waals surface area contributed by atoms with Crippen LogP contribution in [-0.2, 0) is 0 Å². The molecule has 7 heteroatoms. The van der Waals surface area contributed by atoms with Crippen LogP contribution in [0.4, 0.5) is 0 Å². The topological polar surface area (TPSA) is 88.1 Å². The number of imidazole rings is 1. The van der Waals surface area contributed by atoms with Gasteiger partial charge in [0.05, 0.1) is 28.9 Å². The zero-order chi connectivity index (χ0) is 21.4. The number of H-pyrrole nitrogens is 2. The highest BCUT2D eigenvalue weighted by Crippen LogP contribution is 2.32. The lowest BCUT2D eigenvalue weighted by Gasteiger charge is -2.07. The van der Waals surface area contributed by atoms with Crippen molar-refractivity contribution in [1.29, 1.82) is 0 Å². The average molecular weight is 407 g/mol. The molecule has 0 bridgehead atoms. The van der Waals surface area contributed by atoms with E-state index in [0.717, 1.165) is 56.1 Å². The van der Waals surface area contributed by atoms with Gasteiger partial charge < -0.3 is 9.55 Å². The molecular formula is C24H21N7. The van der Waals surface area contributed by atoms with Crippen LogP contribution < -0.4 is 0 Å². The Morgan fingerprint density at radius 1 is 1.10 bits per heavy atom. The lowest BCUT2D eigenvalue weighted by atomic mass is 10.0. The van der Waals surface area contributed by atoms with Gasteiger partial charge in [-0.05, 0) is 43.7 Å². The molecule has 4 heterocycles. The molecule has 7 nitrogen and oxygen atoms in total. The van der Waals surface area contributed by atoms with Crippen LogP contribution in [0, 0.1) is 13.8 Å². The van der Waals surface area contributed by atoms with Crippen molar-refractivity contribution in [3.8, 4) is 22.5 Å². The van der Waals surface area contributed by atoms with E-state index >= 15 is 0 Å². The van der Waals surface area contributed by atoms with Crippen molar-refractivity contribution in [3.05, 3.63) is 91.2 Å². The van der Waals surface area contributed by atoms with Gasteiger partial charge in [-0.2, -0.15) is 5.10 Å². The summed E-state index contributed by atoms with van der Waals surface area (Å²) in [4.78, 5) is 16.1. The van der Waals surface area contributed by atoms with Crippen molar-refractivity contribution in [1.82, 2.24) is 34.7 Å². The number of rotatable bonds is 5. The molecule has 0 radical (unpaired) electrons. The van der Waals surface area contributed by atoms with Crippen molar-refractivity contribution in [3.63, 3.8) is 0 Å². The molecule has 0 saturated carbocycles. The molecule has 0 aliphatic rings. The Labute approximate surface area is 179 Å². The van der Waals surface area contributed by atoms with Gasteiger partial charge in [-0.25, -0.2) is 15.0 Å². The van der Waals surface area contributed by atoms with Gasteiger partial charge in [0.2, 0.25) is 0 Å². The first-order chi connectivity index (χ1) is 15.1. The first-order valence-corrected chi connectivity index (χ1v) is 9.91. The maximum atomic E-state index is 4.59. The first kappa shape index (κ1) is 18.7. The van der Waals surface area contributed by atoms with Crippen molar-refractivity contribution >= 4 is 16.6 Å². The van der Waals surface area contributed by atoms with Crippen LogP contribution in [-0.4, -0.2) is 34.7 Å². The smallest absolute Gasteiger partial charge is 0.116 e. The van der Waals surface area contributed by atoms with Crippen LogP contribution in [0.5, 0.6) is 0 Å². The Morgan fingerprint density at radius 2 is 1.94 bits per heavy atom. The Balaban J connectivity index is 1.61. The summed E-state index contributed by atoms with van der Waals surface area (Å²) in [5.74, 6) is 0. The van der Waals surface area contributed by atoms with E-state index in [1.54, 1.807) is 6.08 Å². The predicted octanol–water partition coefficient (Wildman–Crippen LogP) is 4.90. The largest absolute Gasteiger partial charge is 0.357 e. The monoisotopic (exact) mass is 407 g/mol. The molecule has 5 rings (SSSR count). The number of allylic oxidation sites excluding steroid dienone is 2. The minimum atomic E-state index is 0.864. The molecule has 5 aromatic rings. The molecule has 31 heavy (non-hydrogen) atoms. The third kappa shape index (κ3) is 3.36. The van der Waals surface area contributed by atoms with Crippen LogP contribution in [0.1, 0.15) is 17.0 Å². The maximum absolute atomic E-state index is 4.59. The molecule has 0 atom stereocenters. The number of aromatic nitrogens is 7. The average Bonchev–Trinajstić information content (AvgIpc) is 3.50. The van der Waals surface area contributed by atoms with Gasteiger partial charge in [-0.3, -0.25) is 5.10 Å². The Kier molecular flexibility index (Phi) is 4.55. The van der Waals surface area contributed by atoms with Crippen molar-refractivity contribution in [2.24, 2.45) is 0 Å². The summed E-state index contributed by atoms with van der Waals surface area (Å²) in [5, 5.41) is 8.76. The minimum Gasteiger partial charge on any atom is -0.357 e. The van der Waals surface area contributed by atoms with Crippen LogP contribution in [0.25, 0.3) is 39.1 Å². The van der Waals surface area contributed by atoms with Crippen LogP contribution >= 0.6 is 0 Å². The molecule has 152 valence electrons. The van der Waals surface area contributed by atoms with Gasteiger partial charge in [0.25, 0.3) is 0 Å². The second-order valence-corrected chi connectivity index (χ2v) is 7.39. The van der Waals surface area contributed by atoms with Crippen molar-refractivity contribution in [2.75, 3.05) is 0 Å². The highest BCUT2D eigenvalue weighted by molar-refractivity contribution is 5.95. The maximum Gasteiger partial charge on any atom is 0.116 e. The molecule has 0 amide bonds. The summed E-state index contributed by atoms with van der Waals surface area (Å²) >= 11 is 0. The van der Waals surface area contributed by atoms with E-state index in [0.29, 0.717) is 0 Å². The van der Waals surface area contributed by atoms with Gasteiger partial charge in [-0.1, -0.05) is 18.7 Å². The van der Waals surface area contributed by atoms with Crippen molar-refractivity contribution in [2.45, 2.75) is 13.8 Å². The second-order valence-electron chi connectivity index (χ2n) is 7.39. The van der Waals surface area contributed by atoms with Crippen LogP contribution in [0.15, 0.2) is 74.2 Å². The second kappa shape index (κ2) is 7.53. The molecule has 0 aliphatic carbocycles. The minimum absolute atomic E-state index is 0.864. The van der Waals surface area contributed by atoms with E-state index < -0.39 is 0 Å². The SMILES string of the molecule is C=C/C=C(\c1cc(-c2n[nH]c3ccc(-c4cncnc4)cc23)[nH]c1C)n1cnc(C)c1. The zero-order valence-corrected chi connectivity index (χ0v) is 17.3. The standard InChI is InChI=1S/C24H21N7/c1-4-5-23(31-12-15(2)27-14-31)19-9-22(28-16(19)3)24-20-8-17(6-7-21(20)29-30-24)18-10-25-13-26-11-18/h4-14,28H,1H2,2-3H3,(H,29,30)/b23-5+. The molecule has 0 unspecified atom stereocenters. The first-order valence-electron chi connectivity index (χ1n) is 9.91. The van der Waals surface area contributed by atoms with E-state index in [9.17, 15) is 0 Å². The lowest BCUT2D eigenvalue weighted by molar-refractivity contribution is 1.08. The number of hydrogen-bond acceptors (Lipinski definition) is 4. The number of nitrogens with zero attached hydrogens (tertiary/aromatic N) is 5. The van der Waals surface area contributed by atoms with Gasteiger partial charge in [0.1, 0.15) is 12.0 Å². The zero-order valence-electron chi connectivity index (χ0n) is 17.3. The number of aryl methyl sites for hydroxylation is 2. The van der Waals surface area contributed by atoms with Gasteiger partial charge >= 0.3 is 0 Å². The number of nitrogens with one attached hydrogen (secondary N) is 2. The molecule has 0 aliphatic heterocycles. The quantitative estimate of drug-likeness (QED) is 0.406. The van der Waals surface area contributed by atoms with E-state index in [-0.39, 0.29) is 0 Å². The number of aromatic amines is 2. The lowest BCUT2D eigenvalue weighted by Crippen LogP contribution is -1.96. The summed E-state index contributed by atoms with van der Waals surface area (Å²) in [6, 6.07) is 8.30. The molecule has 2 N–H and O–H groups in total. The van der Waals surface area contributed by atoms with Crippen molar-refractivity contribution < 1.29 is 0 Å². The molecule has 0 fully saturated rings. The van der Waals surface area contributed by atoms with Crippen LogP contribution in [0.2, 0.25) is 0 Å². The predicted molar refractivity (Wildman–Crippen MR) is 122 cm³/mol. The fraction of sp³-hybridized carbons (Fsp3) is 0.0833. The Morgan fingerprint density at radius 3 is 2.68 bits per heavy atom. The van der Waals surface area contributed by atoms with Gasteiger partial charge in [-0.15, -0.1) is 0 Å². The van der Waals surface area contributed by atoms with Gasteiger partial charge in [0, 0.05) is 40.8 Å². The Bertz CT molecular complexity index is 1420. The highest BCUT2D eigenvalue weighted by atomic mass is 15.1. The number of benzene rings is 1. The molecule has 0 saturated heterocycles. The molecular weight excluding hydrogens is 386 g/mol. The number of hydrogen-bond donors (Lipinski definition) is 2. The Hall–Kier alpha value is -4.26. The van der Waals surface area contributed by atoms with E-state index in [2.05, 4.69) is 55.8 Å². The van der Waals surface area contributed by atoms with E-state index in [1.807, 2.05) is 54.6 Å². The highest BCUT2D eigenvalue weighted by Gasteiger charge is 2.16. The molecule has 0 spiro atoms. The summed E-state index contributed by atoms with van der Waals surface area (Å²) in [6.07, 6.45) is 12.7. The summed E-state index contributed by atoms with van der Waals surface area (Å²) in [7, 11) is 0. The third-order valence-corrected chi connectivity index (χ3v) is 5.27. The molecule has 1 aromatic carbocycles. The fourth-order valence-electron chi connectivity index (χ4n) is 3.78. The van der Waals surface area contributed by atoms with E-state index in [4.69, 9.17) is 0 Å². The summed E-state index contributed by atoms with van der Waals surface area (Å²) in [5.41, 5.74) is 8.84. The van der Waals surface area contributed by atoms with Gasteiger partial charge in [0.15, 0.2) is 0 Å². The number of fused-ring (bicyclic) bond motifs is 1. The summed E-state index contributed by atoms with van der Waals surface area (Å²) in [6.45, 7) is 7.91.